The van der Waals surface area contributed by atoms with Crippen LogP contribution in [-0.2, 0) is 0 Å². The second-order valence-corrected chi connectivity index (χ2v) is 1.52. The molecule has 0 aromatic heterocycles. The lowest BCUT2D eigenvalue weighted by Crippen LogP contribution is -1.86. The summed E-state index contributed by atoms with van der Waals surface area (Å²) in [5.74, 6) is -0.354. The van der Waals surface area contributed by atoms with Gasteiger partial charge in [0, 0.05) is 0 Å². The fraction of sp³-hybridized carbons (Fsp3) is 0.400. The summed E-state index contributed by atoms with van der Waals surface area (Å²) in [6, 6.07) is 6.15. The van der Waals surface area contributed by atoms with E-state index in [4.69, 9.17) is 5.73 Å². The smallest absolute Gasteiger partial charge is 0.146 e. The Labute approximate surface area is 74.4 Å². The number of nitrogen functional groups attached to an aromatic ring is 1. The molecule has 0 saturated heterocycles. The molecule has 0 amide bonds. The number of para-hydroxylation sites is 1. The van der Waals surface area contributed by atoms with Gasteiger partial charge in [-0.3, -0.25) is 0 Å². The van der Waals surface area contributed by atoms with Gasteiger partial charge in [0.05, 0.1) is 5.69 Å². The standard InChI is InChI=1S/C6H6FN.2C2H6/c7-5-3-1-2-4-6(5)8;2*1-2/h1-4H,8H2;2*1-2H3. The zero-order valence-electron chi connectivity index (χ0n) is 8.26. The predicted octanol–water partition coefficient (Wildman–Crippen LogP) is 3.46. The van der Waals surface area contributed by atoms with Gasteiger partial charge >= 0.3 is 0 Å². The van der Waals surface area contributed by atoms with Gasteiger partial charge in [-0.05, 0) is 12.1 Å². The third kappa shape index (κ3) is 5.71. The average Bonchev–Trinajstić information content (AvgIpc) is 2.17. The molecule has 12 heavy (non-hydrogen) atoms. The largest absolute Gasteiger partial charge is 0.396 e. The summed E-state index contributed by atoms with van der Waals surface area (Å²) in [7, 11) is 0. The summed E-state index contributed by atoms with van der Waals surface area (Å²) < 4.78 is 12.2. The highest BCUT2D eigenvalue weighted by Crippen LogP contribution is 2.05. The lowest BCUT2D eigenvalue weighted by molar-refractivity contribution is 0.632. The first-order chi connectivity index (χ1) is 5.80. The van der Waals surface area contributed by atoms with Crippen LogP contribution in [0.15, 0.2) is 24.3 Å². The van der Waals surface area contributed by atoms with E-state index in [1.165, 1.54) is 12.1 Å². The van der Waals surface area contributed by atoms with Gasteiger partial charge in [-0.1, -0.05) is 39.8 Å². The molecule has 0 aliphatic carbocycles. The monoisotopic (exact) mass is 171 g/mol. The van der Waals surface area contributed by atoms with Crippen molar-refractivity contribution in [2.45, 2.75) is 27.7 Å². The minimum atomic E-state index is -0.354. The second-order valence-electron chi connectivity index (χ2n) is 1.52. The first kappa shape index (κ1) is 13.5. The lowest BCUT2D eigenvalue weighted by atomic mass is 10.3. The van der Waals surface area contributed by atoms with Gasteiger partial charge in [0.1, 0.15) is 5.82 Å². The lowest BCUT2D eigenvalue weighted by Gasteiger charge is -1.89. The van der Waals surface area contributed by atoms with E-state index in [1.807, 2.05) is 27.7 Å². The number of anilines is 1. The second kappa shape index (κ2) is 9.95. The Bertz CT molecular complexity index is 166. The maximum atomic E-state index is 12.2. The fourth-order valence-corrected chi connectivity index (χ4v) is 0.475. The Hall–Kier alpha value is -1.05. The molecule has 2 N–H and O–H groups in total. The quantitative estimate of drug-likeness (QED) is 0.594. The van der Waals surface area contributed by atoms with Crippen LogP contribution in [0, 0.1) is 5.82 Å². The van der Waals surface area contributed by atoms with Gasteiger partial charge in [-0.15, -0.1) is 0 Å². The third-order valence-electron chi connectivity index (χ3n) is 0.905. The van der Waals surface area contributed by atoms with Gasteiger partial charge in [-0.2, -0.15) is 0 Å². The predicted molar refractivity (Wildman–Crippen MR) is 53.5 cm³/mol. The van der Waals surface area contributed by atoms with Crippen molar-refractivity contribution >= 4 is 5.69 Å². The van der Waals surface area contributed by atoms with Crippen LogP contribution in [0.4, 0.5) is 10.1 Å². The Morgan fingerprint density at radius 3 is 1.67 bits per heavy atom. The SMILES string of the molecule is CC.CC.Nc1ccccc1F. The highest BCUT2D eigenvalue weighted by Gasteiger charge is 1.89. The van der Waals surface area contributed by atoms with Crippen LogP contribution in [0.1, 0.15) is 27.7 Å². The normalized spacial score (nSPS) is 7.08. The molecule has 1 nitrogen and oxygen atoms in total. The Morgan fingerprint density at radius 2 is 1.42 bits per heavy atom. The fourth-order valence-electron chi connectivity index (χ4n) is 0.475. The van der Waals surface area contributed by atoms with Gasteiger partial charge in [0.15, 0.2) is 0 Å². The van der Waals surface area contributed by atoms with Gasteiger partial charge < -0.3 is 5.73 Å². The van der Waals surface area contributed by atoms with E-state index in [0.29, 0.717) is 0 Å². The van der Waals surface area contributed by atoms with Gasteiger partial charge in [-0.25, -0.2) is 4.39 Å². The number of halogens is 1. The molecule has 0 spiro atoms. The molecule has 0 aliphatic heterocycles. The molecule has 0 atom stereocenters. The molecule has 0 saturated carbocycles. The van der Waals surface area contributed by atoms with Crippen molar-refractivity contribution in [2.75, 3.05) is 5.73 Å². The van der Waals surface area contributed by atoms with Crippen LogP contribution in [0.2, 0.25) is 0 Å². The number of hydrogen-bond acceptors (Lipinski definition) is 1. The molecule has 0 heterocycles. The van der Waals surface area contributed by atoms with E-state index >= 15 is 0 Å². The molecular weight excluding hydrogens is 153 g/mol. The summed E-state index contributed by atoms with van der Waals surface area (Å²) in [4.78, 5) is 0. The Morgan fingerprint density at radius 1 is 1.00 bits per heavy atom. The first-order valence-electron chi connectivity index (χ1n) is 4.31. The van der Waals surface area contributed by atoms with E-state index in [-0.39, 0.29) is 11.5 Å². The molecule has 1 rings (SSSR count). The van der Waals surface area contributed by atoms with Crippen LogP contribution in [0.25, 0.3) is 0 Å². The van der Waals surface area contributed by atoms with Gasteiger partial charge in [0.25, 0.3) is 0 Å². The van der Waals surface area contributed by atoms with Crippen LogP contribution in [0.3, 0.4) is 0 Å². The topological polar surface area (TPSA) is 26.0 Å². The van der Waals surface area contributed by atoms with Crippen molar-refractivity contribution in [1.82, 2.24) is 0 Å². The minimum Gasteiger partial charge on any atom is -0.396 e. The maximum Gasteiger partial charge on any atom is 0.146 e. The molecule has 1 aromatic carbocycles. The maximum absolute atomic E-state index is 12.2. The van der Waals surface area contributed by atoms with E-state index in [1.54, 1.807) is 12.1 Å². The third-order valence-corrected chi connectivity index (χ3v) is 0.905. The molecule has 0 unspecified atom stereocenters. The molecule has 2 heteroatoms. The molecule has 0 bridgehead atoms. The van der Waals surface area contributed by atoms with Crippen molar-refractivity contribution in [2.24, 2.45) is 0 Å². The molecule has 0 radical (unpaired) electrons. The Kier molecular flexibility index (Phi) is 11.2. The number of rotatable bonds is 0. The molecule has 70 valence electrons. The molecule has 0 aliphatic rings. The number of benzene rings is 1. The van der Waals surface area contributed by atoms with Crippen molar-refractivity contribution in [3.63, 3.8) is 0 Å². The first-order valence-corrected chi connectivity index (χ1v) is 4.31. The van der Waals surface area contributed by atoms with Crippen molar-refractivity contribution in [3.8, 4) is 0 Å². The van der Waals surface area contributed by atoms with E-state index in [0.717, 1.165) is 0 Å². The van der Waals surface area contributed by atoms with E-state index in [2.05, 4.69) is 0 Å². The number of hydrogen-bond donors (Lipinski definition) is 1. The van der Waals surface area contributed by atoms with Crippen molar-refractivity contribution < 1.29 is 4.39 Å². The summed E-state index contributed by atoms with van der Waals surface area (Å²) in [6.45, 7) is 8.00. The van der Waals surface area contributed by atoms with Crippen LogP contribution < -0.4 is 5.73 Å². The van der Waals surface area contributed by atoms with E-state index < -0.39 is 0 Å². The zero-order chi connectivity index (χ0) is 9.98. The molecule has 0 fully saturated rings. The van der Waals surface area contributed by atoms with Crippen LogP contribution in [-0.4, -0.2) is 0 Å². The average molecular weight is 171 g/mol. The highest BCUT2D eigenvalue weighted by atomic mass is 19.1. The zero-order valence-corrected chi connectivity index (χ0v) is 8.26. The Balaban J connectivity index is 0. The van der Waals surface area contributed by atoms with Crippen molar-refractivity contribution in [3.05, 3.63) is 30.1 Å². The van der Waals surface area contributed by atoms with Crippen LogP contribution >= 0.6 is 0 Å². The van der Waals surface area contributed by atoms with Crippen LogP contribution in [0.5, 0.6) is 0 Å². The van der Waals surface area contributed by atoms with Crippen molar-refractivity contribution in [1.29, 1.82) is 0 Å². The van der Waals surface area contributed by atoms with Gasteiger partial charge in [0.2, 0.25) is 0 Å². The summed E-state index contributed by atoms with van der Waals surface area (Å²) in [5.41, 5.74) is 5.35. The van der Waals surface area contributed by atoms with E-state index in [9.17, 15) is 4.39 Å². The highest BCUT2D eigenvalue weighted by molar-refractivity contribution is 5.38. The number of nitrogens with two attached hydrogens (primary N) is 1. The summed E-state index contributed by atoms with van der Waals surface area (Å²) in [6.07, 6.45) is 0. The summed E-state index contributed by atoms with van der Waals surface area (Å²) in [5, 5.41) is 0. The molecular formula is C10H18FN. The minimum absolute atomic E-state index is 0.201. The molecule has 1 aromatic rings. The summed E-state index contributed by atoms with van der Waals surface area (Å²) >= 11 is 0.